The van der Waals surface area contributed by atoms with Crippen molar-refractivity contribution in [3.63, 3.8) is 0 Å². The highest BCUT2D eigenvalue weighted by Gasteiger charge is 2.28. The predicted octanol–water partition coefficient (Wildman–Crippen LogP) is 2.35. The van der Waals surface area contributed by atoms with Gasteiger partial charge in [0.2, 0.25) is 0 Å². The first-order chi connectivity index (χ1) is 7.90. The second kappa shape index (κ2) is 5.58. The first-order valence-corrected chi connectivity index (χ1v) is 5.45. The van der Waals surface area contributed by atoms with E-state index in [9.17, 15) is 9.50 Å². The Kier molecular flexibility index (Phi) is 4.62. The number of ether oxygens (including phenoxy) is 2. The van der Waals surface area contributed by atoms with Gasteiger partial charge in [-0.2, -0.15) is 0 Å². The Balaban J connectivity index is 2.91. The molecule has 3 nitrogen and oxygen atoms in total. The van der Waals surface area contributed by atoms with E-state index in [0.29, 0.717) is 11.1 Å². The third-order valence-electron chi connectivity index (χ3n) is 2.87. The molecule has 96 valence electrons. The average molecular weight is 242 g/mol. The summed E-state index contributed by atoms with van der Waals surface area (Å²) in [5, 5.41) is 10.4. The van der Waals surface area contributed by atoms with Crippen LogP contribution in [0.25, 0.3) is 0 Å². The van der Waals surface area contributed by atoms with Crippen molar-refractivity contribution in [2.45, 2.75) is 32.2 Å². The molecule has 1 aromatic rings. The minimum atomic E-state index is -1.12. The Labute approximate surface area is 101 Å². The molecule has 1 atom stereocenters. The van der Waals surface area contributed by atoms with Crippen molar-refractivity contribution in [2.24, 2.45) is 0 Å². The van der Waals surface area contributed by atoms with Crippen LogP contribution in [-0.2, 0) is 15.1 Å². The third-order valence-corrected chi connectivity index (χ3v) is 2.87. The van der Waals surface area contributed by atoms with Gasteiger partial charge in [0.1, 0.15) is 5.82 Å². The quantitative estimate of drug-likeness (QED) is 0.805. The number of halogens is 1. The summed E-state index contributed by atoms with van der Waals surface area (Å²) in [6.45, 7) is 3.32. The van der Waals surface area contributed by atoms with Crippen molar-refractivity contribution in [3.8, 4) is 0 Å². The summed E-state index contributed by atoms with van der Waals surface area (Å²) in [6, 6.07) is 4.57. The summed E-state index contributed by atoms with van der Waals surface area (Å²) in [7, 11) is 3.03. The van der Waals surface area contributed by atoms with Gasteiger partial charge < -0.3 is 14.6 Å². The van der Waals surface area contributed by atoms with Crippen molar-refractivity contribution >= 4 is 0 Å². The molecule has 0 aliphatic carbocycles. The molecule has 0 aliphatic heterocycles. The Bertz CT molecular complexity index is 373. The summed E-state index contributed by atoms with van der Waals surface area (Å²) < 4.78 is 23.3. The van der Waals surface area contributed by atoms with Crippen molar-refractivity contribution in [2.75, 3.05) is 14.2 Å². The van der Waals surface area contributed by atoms with Crippen LogP contribution in [0, 0.1) is 12.7 Å². The molecule has 0 saturated carbocycles. The Morgan fingerprint density at radius 1 is 1.35 bits per heavy atom. The number of hydrogen-bond acceptors (Lipinski definition) is 3. The zero-order chi connectivity index (χ0) is 13.1. The van der Waals surface area contributed by atoms with Crippen LogP contribution in [0.4, 0.5) is 4.39 Å². The van der Waals surface area contributed by atoms with Gasteiger partial charge in [-0.05, 0) is 31.0 Å². The maximum atomic E-state index is 13.2. The molecule has 0 aromatic heterocycles. The molecule has 1 aromatic carbocycles. The van der Waals surface area contributed by atoms with Gasteiger partial charge in [-0.15, -0.1) is 0 Å². The van der Waals surface area contributed by atoms with Crippen molar-refractivity contribution < 1.29 is 19.0 Å². The van der Waals surface area contributed by atoms with Crippen LogP contribution in [0.1, 0.15) is 24.5 Å². The summed E-state index contributed by atoms with van der Waals surface area (Å²) in [5.74, 6) is -0.278. The molecular weight excluding hydrogens is 223 g/mol. The fourth-order valence-corrected chi connectivity index (χ4v) is 1.68. The smallest absolute Gasteiger partial charge is 0.159 e. The molecule has 4 heteroatoms. The second-order valence-corrected chi connectivity index (χ2v) is 4.34. The maximum absolute atomic E-state index is 13.2. The lowest BCUT2D eigenvalue weighted by molar-refractivity contribution is -0.142. The highest BCUT2D eigenvalue weighted by molar-refractivity contribution is 5.28. The van der Waals surface area contributed by atoms with Gasteiger partial charge in [-0.3, -0.25) is 0 Å². The summed E-state index contributed by atoms with van der Waals surface area (Å²) >= 11 is 0. The highest BCUT2D eigenvalue weighted by Crippen LogP contribution is 2.28. The van der Waals surface area contributed by atoms with E-state index in [1.54, 1.807) is 26.0 Å². The largest absolute Gasteiger partial charge is 0.385 e. The zero-order valence-corrected chi connectivity index (χ0v) is 10.7. The Hall–Kier alpha value is -0.970. The van der Waals surface area contributed by atoms with Crippen LogP contribution in [0.15, 0.2) is 18.2 Å². The Morgan fingerprint density at radius 3 is 2.41 bits per heavy atom. The van der Waals surface area contributed by atoms with Gasteiger partial charge in [0, 0.05) is 20.6 Å². The fraction of sp³-hybridized carbons (Fsp3) is 0.538. The number of aliphatic hydroxyl groups is 1. The number of rotatable bonds is 5. The lowest BCUT2D eigenvalue weighted by Crippen LogP contribution is -2.29. The third kappa shape index (κ3) is 3.49. The lowest BCUT2D eigenvalue weighted by atomic mass is 9.91. The molecule has 0 heterocycles. The first kappa shape index (κ1) is 14.1. The fourth-order valence-electron chi connectivity index (χ4n) is 1.68. The van der Waals surface area contributed by atoms with Crippen LogP contribution in [0.5, 0.6) is 0 Å². The molecule has 1 N–H and O–H groups in total. The van der Waals surface area contributed by atoms with E-state index in [-0.39, 0.29) is 12.2 Å². The van der Waals surface area contributed by atoms with Crippen LogP contribution < -0.4 is 0 Å². The minimum absolute atomic E-state index is 0.278. The van der Waals surface area contributed by atoms with Crippen LogP contribution in [0.3, 0.4) is 0 Å². The number of methoxy groups -OCH3 is 2. The molecule has 0 aliphatic rings. The zero-order valence-electron chi connectivity index (χ0n) is 10.7. The van der Waals surface area contributed by atoms with Crippen LogP contribution in [0.2, 0.25) is 0 Å². The Morgan fingerprint density at radius 2 is 1.94 bits per heavy atom. The number of benzene rings is 1. The summed E-state index contributed by atoms with van der Waals surface area (Å²) in [4.78, 5) is 0. The van der Waals surface area contributed by atoms with E-state index in [0.717, 1.165) is 0 Å². The van der Waals surface area contributed by atoms with Gasteiger partial charge in [-0.25, -0.2) is 4.39 Å². The normalized spacial score (nSPS) is 15.0. The molecule has 0 bridgehead atoms. The SMILES string of the molecule is COC(CC(C)(O)c1ccc(F)c(C)c1)OC. The minimum Gasteiger partial charge on any atom is -0.385 e. The molecule has 0 spiro atoms. The van der Waals surface area contributed by atoms with E-state index in [2.05, 4.69) is 0 Å². The van der Waals surface area contributed by atoms with Crippen molar-refractivity contribution in [3.05, 3.63) is 35.1 Å². The molecule has 0 radical (unpaired) electrons. The van der Waals surface area contributed by atoms with Crippen molar-refractivity contribution in [1.82, 2.24) is 0 Å². The van der Waals surface area contributed by atoms with E-state index < -0.39 is 11.9 Å². The molecular formula is C13H19FO3. The molecule has 1 unspecified atom stereocenters. The van der Waals surface area contributed by atoms with Crippen LogP contribution >= 0.6 is 0 Å². The van der Waals surface area contributed by atoms with E-state index in [1.807, 2.05) is 0 Å². The summed E-state index contributed by atoms with van der Waals surface area (Å²) in [5.41, 5.74) is 0.0412. The van der Waals surface area contributed by atoms with Gasteiger partial charge >= 0.3 is 0 Å². The van der Waals surface area contributed by atoms with Gasteiger partial charge in [-0.1, -0.05) is 12.1 Å². The molecule has 0 fully saturated rings. The van der Waals surface area contributed by atoms with Gasteiger partial charge in [0.05, 0.1) is 5.60 Å². The highest BCUT2D eigenvalue weighted by atomic mass is 19.1. The van der Waals surface area contributed by atoms with E-state index in [1.165, 1.54) is 20.3 Å². The topological polar surface area (TPSA) is 38.7 Å². The molecule has 17 heavy (non-hydrogen) atoms. The molecule has 0 saturated heterocycles. The second-order valence-electron chi connectivity index (χ2n) is 4.34. The van der Waals surface area contributed by atoms with E-state index >= 15 is 0 Å². The van der Waals surface area contributed by atoms with Gasteiger partial charge in [0.15, 0.2) is 6.29 Å². The van der Waals surface area contributed by atoms with Crippen molar-refractivity contribution in [1.29, 1.82) is 0 Å². The maximum Gasteiger partial charge on any atom is 0.159 e. The average Bonchev–Trinajstić information content (AvgIpc) is 2.29. The molecule has 1 rings (SSSR count). The molecule has 0 amide bonds. The standard InChI is InChI=1S/C13H19FO3/c1-9-7-10(5-6-11(9)14)13(2,15)8-12(16-3)17-4/h5-7,12,15H,8H2,1-4H3. The first-order valence-electron chi connectivity index (χ1n) is 5.45. The number of aryl methyl sites for hydroxylation is 1. The lowest BCUT2D eigenvalue weighted by Gasteiger charge is -2.27. The number of hydrogen-bond donors (Lipinski definition) is 1. The summed E-state index contributed by atoms with van der Waals surface area (Å²) in [6.07, 6.45) is -0.208. The van der Waals surface area contributed by atoms with Crippen LogP contribution in [-0.4, -0.2) is 25.6 Å². The monoisotopic (exact) mass is 242 g/mol. The predicted molar refractivity (Wildman–Crippen MR) is 63.1 cm³/mol. The van der Waals surface area contributed by atoms with Gasteiger partial charge in [0.25, 0.3) is 0 Å². The van der Waals surface area contributed by atoms with E-state index in [4.69, 9.17) is 9.47 Å².